The predicted molar refractivity (Wildman–Crippen MR) is 69.9 cm³/mol. The zero-order chi connectivity index (χ0) is 12.9. The molecule has 3 heteroatoms. The summed E-state index contributed by atoms with van der Waals surface area (Å²) in [5.74, 6) is 2.60. The molecule has 1 saturated heterocycles. The fourth-order valence-corrected chi connectivity index (χ4v) is 4.09. The van der Waals surface area contributed by atoms with Crippen molar-refractivity contribution in [2.24, 2.45) is 23.7 Å². The molecular weight excluding hydrogens is 226 g/mol. The van der Waals surface area contributed by atoms with Crippen molar-refractivity contribution in [2.45, 2.75) is 45.6 Å². The molecular formula is C15H23NO2. The van der Waals surface area contributed by atoms with Gasteiger partial charge in [-0.2, -0.15) is 0 Å². The molecule has 2 bridgehead atoms. The molecule has 1 amide bonds. The van der Waals surface area contributed by atoms with Crippen LogP contribution in [0.4, 0.5) is 4.79 Å². The third-order valence-electron chi connectivity index (χ3n) is 5.15. The van der Waals surface area contributed by atoms with Crippen molar-refractivity contribution in [1.82, 2.24) is 4.90 Å². The number of carbonyl (C=O) groups is 1. The molecule has 3 nitrogen and oxygen atoms in total. The summed E-state index contributed by atoms with van der Waals surface area (Å²) >= 11 is 0. The molecule has 3 fully saturated rings. The smallest absolute Gasteiger partial charge is 0.414 e. The molecule has 0 spiro atoms. The average molecular weight is 249 g/mol. The van der Waals surface area contributed by atoms with Crippen molar-refractivity contribution in [2.75, 3.05) is 6.61 Å². The zero-order valence-electron chi connectivity index (χ0n) is 11.4. The first-order valence-electron chi connectivity index (χ1n) is 7.22. The summed E-state index contributed by atoms with van der Waals surface area (Å²) in [7, 11) is 0. The van der Waals surface area contributed by atoms with Crippen molar-refractivity contribution in [1.29, 1.82) is 0 Å². The quantitative estimate of drug-likeness (QED) is 0.767. The van der Waals surface area contributed by atoms with Gasteiger partial charge >= 0.3 is 6.09 Å². The first kappa shape index (κ1) is 12.1. The predicted octanol–water partition coefficient (Wildman–Crippen LogP) is 3.41. The van der Waals surface area contributed by atoms with Gasteiger partial charge in [0.05, 0.1) is 6.04 Å². The third kappa shape index (κ3) is 1.75. The highest BCUT2D eigenvalue weighted by Crippen LogP contribution is 2.51. The molecule has 4 unspecified atom stereocenters. The van der Waals surface area contributed by atoms with Gasteiger partial charge in [0.2, 0.25) is 0 Å². The highest BCUT2D eigenvalue weighted by molar-refractivity contribution is 5.72. The summed E-state index contributed by atoms with van der Waals surface area (Å²) in [6.07, 6.45) is 5.11. The molecule has 2 aliphatic carbocycles. The van der Waals surface area contributed by atoms with E-state index in [9.17, 15) is 4.79 Å². The Kier molecular flexibility index (Phi) is 2.87. The van der Waals surface area contributed by atoms with Crippen LogP contribution >= 0.6 is 0 Å². The van der Waals surface area contributed by atoms with Gasteiger partial charge < -0.3 is 4.74 Å². The number of hydrogen-bond donors (Lipinski definition) is 0. The Balaban J connectivity index is 1.76. The van der Waals surface area contributed by atoms with Gasteiger partial charge in [0.15, 0.2) is 0 Å². The summed E-state index contributed by atoms with van der Waals surface area (Å²) < 4.78 is 5.23. The lowest BCUT2D eigenvalue weighted by molar-refractivity contribution is 0.159. The standard InChI is InChI=1S/C15H23NO2/c1-9(2)14-8-18-15(17)16(14)10(3)13-7-11-4-5-12(13)6-11/h9,11-14H,3-8H2,1-2H3. The van der Waals surface area contributed by atoms with E-state index in [4.69, 9.17) is 4.74 Å². The van der Waals surface area contributed by atoms with E-state index >= 15 is 0 Å². The molecule has 0 aromatic carbocycles. The molecule has 100 valence electrons. The van der Waals surface area contributed by atoms with E-state index < -0.39 is 0 Å². The second-order valence-electron chi connectivity index (χ2n) is 6.53. The van der Waals surface area contributed by atoms with E-state index in [-0.39, 0.29) is 12.1 Å². The van der Waals surface area contributed by atoms with Gasteiger partial charge in [-0.25, -0.2) is 4.79 Å². The van der Waals surface area contributed by atoms with Crippen LogP contribution in [0.15, 0.2) is 12.3 Å². The number of ether oxygens (including phenoxy) is 1. The summed E-state index contributed by atoms with van der Waals surface area (Å²) in [6.45, 7) is 9.06. The topological polar surface area (TPSA) is 29.5 Å². The fourth-order valence-electron chi connectivity index (χ4n) is 4.09. The van der Waals surface area contributed by atoms with E-state index in [1.54, 1.807) is 0 Å². The maximum Gasteiger partial charge on any atom is 0.414 e. The minimum atomic E-state index is -0.179. The first-order chi connectivity index (χ1) is 8.58. The molecule has 0 radical (unpaired) electrons. The van der Waals surface area contributed by atoms with E-state index in [1.807, 2.05) is 4.90 Å². The van der Waals surface area contributed by atoms with Crippen LogP contribution < -0.4 is 0 Å². The van der Waals surface area contributed by atoms with E-state index in [0.717, 1.165) is 17.5 Å². The Morgan fingerprint density at radius 2 is 2.17 bits per heavy atom. The first-order valence-corrected chi connectivity index (χ1v) is 7.22. The Hall–Kier alpha value is -0.990. The highest BCUT2D eigenvalue weighted by atomic mass is 16.6. The van der Waals surface area contributed by atoms with Crippen LogP contribution in [-0.4, -0.2) is 23.6 Å². The van der Waals surface area contributed by atoms with Gasteiger partial charge in [-0.05, 0) is 37.0 Å². The van der Waals surface area contributed by atoms with Crippen LogP contribution in [-0.2, 0) is 4.74 Å². The van der Waals surface area contributed by atoms with Crippen LogP contribution in [0, 0.1) is 23.7 Å². The number of fused-ring (bicyclic) bond motifs is 2. The Morgan fingerprint density at radius 3 is 2.72 bits per heavy atom. The number of cyclic esters (lactones) is 1. The molecule has 4 atom stereocenters. The van der Waals surface area contributed by atoms with Crippen LogP contribution in [0.5, 0.6) is 0 Å². The van der Waals surface area contributed by atoms with Gasteiger partial charge in [0.25, 0.3) is 0 Å². The van der Waals surface area contributed by atoms with Crippen molar-refractivity contribution in [3.8, 4) is 0 Å². The lowest BCUT2D eigenvalue weighted by Gasteiger charge is -2.32. The molecule has 0 aromatic rings. The summed E-state index contributed by atoms with van der Waals surface area (Å²) in [5.41, 5.74) is 1.03. The third-order valence-corrected chi connectivity index (χ3v) is 5.15. The normalized spacial score (nSPS) is 38.6. The number of amides is 1. The molecule has 3 aliphatic rings. The maximum absolute atomic E-state index is 11.9. The Morgan fingerprint density at radius 1 is 1.39 bits per heavy atom. The second-order valence-corrected chi connectivity index (χ2v) is 6.53. The molecule has 3 rings (SSSR count). The van der Waals surface area contributed by atoms with Crippen LogP contribution in [0.2, 0.25) is 0 Å². The number of hydrogen-bond acceptors (Lipinski definition) is 2. The Labute approximate surface area is 109 Å². The van der Waals surface area contributed by atoms with Gasteiger partial charge in [0.1, 0.15) is 6.61 Å². The second kappa shape index (κ2) is 4.29. The fraction of sp³-hybridized carbons (Fsp3) is 0.800. The molecule has 0 N–H and O–H groups in total. The van der Waals surface area contributed by atoms with Crippen molar-refractivity contribution < 1.29 is 9.53 Å². The molecule has 18 heavy (non-hydrogen) atoms. The lowest BCUT2D eigenvalue weighted by Crippen LogP contribution is -2.39. The number of allylic oxidation sites excluding steroid dienone is 1. The minimum absolute atomic E-state index is 0.179. The maximum atomic E-state index is 11.9. The van der Waals surface area contributed by atoms with Crippen LogP contribution in [0.3, 0.4) is 0 Å². The largest absolute Gasteiger partial charge is 0.447 e. The van der Waals surface area contributed by atoms with E-state index in [0.29, 0.717) is 18.4 Å². The monoisotopic (exact) mass is 249 g/mol. The van der Waals surface area contributed by atoms with Crippen LogP contribution in [0.1, 0.15) is 39.5 Å². The number of rotatable bonds is 3. The van der Waals surface area contributed by atoms with E-state index in [2.05, 4.69) is 20.4 Å². The average Bonchev–Trinajstić information content (AvgIpc) is 3.01. The molecule has 1 aliphatic heterocycles. The highest BCUT2D eigenvalue weighted by Gasteiger charge is 2.46. The van der Waals surface area contributed by atoms with Crippen molar-refractivity contribution in [3.63, 3.8) is 0 Å². The van der Waals surface area contributed by atoms with Gasteiger partial charge in [0, 0.05) is 11.6 Å². The SMILES string of the molecule is C=C(C1CC2CCC1C2)N1C(=O)OCC1C(C)C. The minimum Gasteiger partial charge on any atom is -0.447 e. The molecule has 0 aromatic heterocycles. The summed E-state index contributed by atoms with van der Waals surface area (Å²) in [4.78, 5) is 13.8. The Bertz CT molecular complexity index is 377. The van der Waals surface area contributed by atoms with Crippen LogP contribution in [0.25, 0.3) is 0 Å². The number of nitrogens with zero attached hydrogens (tertiary/aromatic N) is 1. The number of carbonyl (C=O) groups excluding carboxylic acids is 1. The lowest BCUT2D eigenvalue weighted by atomic mass is 9.85. The van der Waals surface area contributed by atoms with Gasteiger partial charge in [-0.1, -0.05) is 26.8 Å². The summed E-state index contributed by atoms with van der Waals surface area (Å²) in [6, 6.07) is 0.184. The molecule has 2 saturated carbocycles. The van der Waals surface area contributed by atoms with Gasteiger partial charge in [-0.3, -0.25) is 4.90 Å². The summed E-state index contributed by atoms with van der Waals surface area (Å²) in [5, 5.41) is 0. The zero-order valence-corrected chi connectivity index (χ0v) is 11.4. The molecule has 1 heterocycles. The van der Waals surface area contributed by atoms with Crippen molar-refractivity contribution >= 4 is 6.09 Å². The van der Waals surface area contributed by atoms with Crippen molar-refractivity contribution in [3.05, 3.63) is 12.3 Å². The van der Waals surface area contributed by atoms with Gasteiger partial charge in [-0.15, -0.1) is 0 Å². The van der Waals surface area contributed by atoms with E-state index in [1.165, 1.54) is 25.7 Å².